The lowest BCUT2D eigenvalue weighted by molar-refractivity contribution is 0.672. The highest BCUT2D eigenvalue weighted by molar-refractivity contribution is 6.06. The standard InChI is InChI=1S/C53H36/c1-53(2)51-46-14-8-5-10-34(46)23-25-47(51)48-26-24-35-16-18-41(31-50(35)52(48)53)44-30-42-12-6-7-13-45(42)49(32-44)43-22-21-39-28-38(19-20-40(39)29-43)37-17-15-33-9-3-4-11-36(33)27-37/h3-32H,1-2H3. The van der Waals surface area contributed by atoms with Gasteiger partial charge in [0.05, 0.1) is 0 Å². The van der Waals surface area contributed by atoms with Crippen molar-refractivity contribution in [3.8, 4) is 44.5 Å². The largest absolute Gasteiger partial charge is 0.0616 e. The number of rotatable bonds is 3. The molecule has 248 valence electrons. The molecule has 11 rings (SSSR count). The van der Waals surface area contributed by atoms with Crippen LogP contribution in [0.1, 0.15) is 25.0 Å². The fourth-order valence-corrected chi connectivity index (χ4v) is 9.37. The molecular formula is C53H36. The van der Waals surface area contributed by atoms with Gasteiger partial charge in [-0.05, 0) is 146 Å². The van der Waals surface area contributed by atoms with Gasteiger partial charge in [-0.3, -0.25) is 0 Å². The lowest BCUT2D eigenvalue weighted by Crippen LogP contribution is -2.16. The minimum atomic E-state index is -0.128. The molecule has 0 fully saturated rings. The third-order valence-electron chi connectivity index (χ3n) is 11.9. The fraction of sp³-hybridized carbons (Fsp3) is 0.0566. The van der Waals surface area contributed by atoms with Gasteiger partial charge in [0.15, 0.2) is 0 Å². The second-order valence-electron chi connectivity index (χ2n) is 15.3. The van der Waals surface area contributed by atoms with Crippen LogP contribution in [0.4, 0.5) is 0 Å². The average Bonchev–Trinajstić information content (AvgIpc) is 3.46. The zero-order valence-electron chi connectivity index (χ0n) is 29.8. The van der Waals surface area contributed by atoms with Gasteiger partial charge in [0, 0.05) is 5.41 Å². The van der Waals surface area contributed by atoms with E-state index in [4.69, 9.17) is 0 Å². The van der Waals surface area contributed by atoms with Gasteiger partial charge in [-0.1, -0.05) is 159 Å². The molecule has 0 saturated carbocycles. The highest BCUT2D eigenvalue weighted by Crippen LogP contribution is 2.54. The van der Waals surface area contributed by atoms with Crippen molar-refractivity contribution in [3.63, 3.8) is 0 Å². The number of hydrogen-bond acceptors (Lipinski definition) is 0. The van der Waals surface area contributed by atoms with Gasteiger partial charge in [0.2, 0.25) is 0 Å². The van der Waals surface area contributed by atoms with E-state index < -0.39 is 0 Å². The molecule has 0 bridgehead atoms. The van der Waals surface area contributed by atoms with Crippen molar-refractivity contribution in [3.05, 3.63) is 193 Å². The fourth-order valence-electron chi connectivity index (χ4n) is 9.37. The molecule has 0 aliphatic heterocycles. The number of benzene rings is 10. The SMILES string of the molecule is CC1(C)c2c(ccc3ccccc23)-c2ccc3ccc(-c4cc(-c5ccc6cc(-c7ccc8ccccc8c7)ccc6c5)c5ccccc5c4)cc3c21. The maximum atomic E-state index is 2.45. The summed E-state index contributed by atoms with van der Waals surface area (Å²) in [5.74, 6) is 0. The van der Waals surface area contributed by atoms with Crippen LogP contribution in [0.3, 0.4) is 0 Å². The van der Waals surface area contributed by atoms with Crippen molar-refractivity contribution in [1.82, 2.24) is 0 Å². The minimum Gasteiger partial charge on any atom is -0.0616 e. The van der Waals surface area contributed by atoms with Crippen molar-refractivity contribution in [2.45, 2.75) is 19.3 Å². The maximum Gasteiger partial charge on any atom is 0.0171 e. The smallest absolute Gasteiger partial charge is 0.0171 e. The quantitative estimate of drug-likeness (QED) is 0.175. The number of fused-ring (bicyclic) bond motifs is 10. The third-order valence-corrected chi connectivity index (χ3v) is 11.9. The maximum absolute atomic E-state index is 2.45. The summed E-state index contributed by atoms with van der Waals surface area (Å²) in [6.45, 7) is 4.82. The van der Waals surface area contributed by atoms with E-state index in [1.165, 1.54) is 109 Å². The Hall–Kier alpha value is -6.50. The van der Waals surface area contributed by atoms with Crippen LogP contribution >= 0.6 is 0 Å². The first kappa shape index (κ1) is 30.2. The summed E-state index contributed by atoms with van der Waals surface area (Å²) in [6.07, 6.45) is 0. The Labute approximate surface area is 309 Å². The van der Waals surface area contributed by atoms with Gasteiger partial charge < -0.3 is 0 Å². The van der Waals surface area contributed by atoms with Crippen molar-refractivity contribution in [1.29, 1.82) is 0 Å². The molecule has 0 unspecified atom stereocenters. The van der Waals surface area contributed by atoms with Crippen LogP contribution in [0.15, 0.2) is 182 Å². The zero-order chi connectivity index (χ0) is 35.3. The topological polar surface area (TPSA) is 0 Å². The van der Waals surface area contributed by atoms with Crippen LogP contribution in [-0.4, -0.2) is 0 Å². The van der Waals surface area contributed by atoms with E-state index in [0.717, 1.165) is 0 Å². The molecular weight excluding hydrogens is 637 g/mol. The molecule has 0 spiro atoms. The van der Waals surface area contributed by atoms with Crippen LogP contribution in [0.5, 0.6) is 0 Å². The Kier molecular flexibility index (Phi) is 6.40. The van der Waals surface area contributed by atoms with Gasteiger partial charge in [0.25, 0.3) is 0 Å². The lowest BCUT2D eigenvalue weighted by atomic mass is 9.78. The van der Waals surface area contributed by atoms with Crippen LogP contribution in [0.2, 0.25) is 0 Å². The molecule has 0 heteroatoms. The second-order valence-corrected chi connectivity index (χ2v) is 15.3. The van der Waals surface area contributed by atoms with E-state index in [1.54, 1.807) is 0 Å². The van der Waals surface area contributed by atoms with E-state index in [-0.39, 0.29) is 5.41 Å². The Balaban J connectivity index is 1.04. The van der Waals surface area contributed by atoms with Crippen molar-refractivity contribution in [2.75, 3.05) is 0 Å². The highest BCUT2D eigenvalue weighted by atomic mass is 14.4. The third kappa shape index (κ3) is 4.62. The average molecular weight is 673 g/mol. The molecule has 10 aromatic carbocycles. The monoisotopic (exact) mass is 672 g/mol. The molecule has 0 amide bonds. The Morgan fingerprint density at radius 1 is 0.264 bits per heavy atom. The molecule has 0 radical (unpaired) electrons. The van der Waals surface area contributed by atoms with Crippen molar-refractivity contribution < 1.29 is 0 Å². The zero-order valence-corrected chi connectivity index (χ0v) is 29.8. The Morgan fingerprint density at radius 3 is 1.42 bits per heavy atom. The molecule has 10 aromatic rings. The van der Waals surface area contributed by atoms with Crippen LogP contribution < -0.4 is 0 Å². The summed E-state index contributed by atoms with van der Waals surface area (Å²) in [4.78, 5) is 0. The van der Waals surface area contributed by atoms with E-state index in [1.807, 2.05) is 0 Å². The second kappa shape index (κ2) is 11.2. The summed E-state index contributed by atoms with van der Waals surface area (Å²) >= 11 is 0. The summed E-state index contributed by atoms with van der Waals surface area (Å²) < 4.78 is 0. The normalized spacial score (nSPS) is 13.2. The molecule has 53 heavy (non-hydrogen) atoms. The summed E-state index contributed by atoms with van der Waals surface area (Å²) in [6, 6.07) is 68.0. The lowest BCUT2D eigenvalue weighted by Gasteiger charge is -2.25. The van der Waals surface area contributed by atoms with Gasteiger partial charge in [-0.15, -0.1) is 0 Å². The van der Waals surface area contributed by atoms with E-state index in [9.17, 15) is 0 Å². The molecule has 1 aliphatic carbocycles. The molecule has 0 saturated heterocycles. The van der Waals surface area contributed by atoms with Gasteiger partial charge >= 0.3 is 0 Å². The van der Waals surface area contributed by atoms with Crippen molar-refractivity contribution >= 4 is 53.9 Å². The summed E-state index contributed by atoms with van der Waals surface area (Å²) in [5, 5.41) is 12.9. The van der Waals surface area contributed by atoms with Crippen LogP contribution in [0.25, 0.3) is 98.4 Å². The van der Waals surface area contributed by atoms with Crippen LogP contribution in [0, 0.1) is 0 Å². The van der Waals surface area contributed by atoms with Gasteiger partial charge in [0.1, 0.15) is 0 Å². The predicted molar refractivity (Wildman–Crippen MR) is 228 cm³/mol. The molecule has 0 heterocycles. The van der Waals surface area contributed by atoms with Gasteiger partial charge in [-0.25, -0.2) is 0 Å². The first-order chi connectivity index (χ1) is 26.0. The molecule has 0 N–H and O–H groups in total. The van der Waals surface area contributed by atoms with Gasteiger partial charge in [-0.2, -0.15) is 0 Å². The van der Waals surface area contributed by atoms with E-state index in [0.29, 0.717) is 0 Å². The molecule has 0 nitrogen and oxygen atoms in total. The van der Waals surface area contributed by atoms with E-state index >= 15 is 0 Å². The van der Waals surface area contributed by atoms with E-state index in [2.05, 4.69) is 196 Å². The first-order valence-electron chi connectivity index (χ1n) is 18.7. The Bertz CT molecular complexity index is 3140. The minimum absolute atomic E-state index is 0.128. The molecule has 0 aromatic heterocycles. The first-order valence-corrected chi connectivity index (χ1v) is 18.7. The van der Waals surface area contributed by atoms with Crippen LogP contribution in [-0.2, 0) is 5.41 Å². The molecule has 1 aliphatic rings. The Morgan fingerprint density at radius 2 is 0.698 bits per heavy atom. The summed E-state index contributed by atoms with van der Waals surface area (Å²) in [7, 11) is 0. The highest BCUT2D eigenvalue weighted by Gasteiger charge is 2.38. The predicted octanol–water partition coefficient (Wildman–Crippen LogP) is 14.8. The molecule has 0 atom stereocenters. The van der Waals surface area contributed by atoms with Crippen molar-refractivity contribution in [2.24, 2.45) is 0 Å². The summed E-state index contributed by atoms with van der Waals surface area (Å²) in [5.41, 5.74) is 12.9. The number of hydrogen-bond donors (Lipinski definition) is 0.